The lowest BCUT2D eigenvalue weighted by atomic mass is 10.1. The molecular formula is C9H17NO. The lowest BCUT2D eigenvalue weighted by Gasteiger charge is -2.14. The second-order valence-electron chi connectivity index (χ2n) is 3.94. The molecule has 0 bridgehead atoms. The van der Waals surface area contributed by atoms with E-state index in [-0.39, 0.29) is 0 Å². The van der Waals surface area contributed by atoms with E-state index in [1.807, 2.05) is 6.92 Å². The molecule has 2 heteroatoms. The summed E-state index contributed by atoms with van der Waals surface area (Å²) in [7, 11) is 4.13. The number of carbonyl (C=O) groups is 1. The van der Waals surface area contributed by atoms with E-state index in [0.717, 1.165) is 19.4 Å². The summed E-state index contributed by atoms with van der Waals surface area (Å²) in [5.41, 5.74) is 0. The van der Waals surface area contributed by atoms with Crippen molar-refractivity contribution < 1.29 is 4.79 Å². The van der Waals surface area contributed by atoms with Gasteiger partial charge in [-0.3, -0.25) is 4.79 Å². The summed E-state index contributed by atoms with van der Waals surface area (Å²) in [4.78, 5) is 13.3. The van der Waals surface area contributed by atoms with E-state index in [4.69, 9.17) is 0 Å². The van der Waals surface area contributed by atoms with Crippen LogP contribution in [0.25, 0.3) is 0 Å². The minimum Gasteiger partial charge on any atom is -0.309 e. The summed E-state index contributed by atoms with van der Waals surface area (Å²) in [5.74, 6) is 1.39. The molecule has 11 heavy (non-hydrogen) atoms. The lowest BCUT2D eigenvalue weighted by molar-refractivity contribution is -0.120. The Morgan fingerprint density at radius 1 is 1.55 bits per heavy atom. The van der Waals surface area contributed by atoms with Gasteiger partial charge in [0.15, 0.2) is 0 Å². The lowest BCUT2D eigenvalue weighted by Crippen LogP contribution is -2.19. The largest absolute Gasteiger partial charge is 0.309 e. The first-order valence-electron chi connectivity index (χ1n) is 4.27. The number of rotatable bonds is 2. The summed E-state index contributed by atoms with van der Waals surface area (Å²) >= 11 is 0. The first-order chi connectivity index (χ1) is 5.09. The van der Waals surface area contributed by atoms with Crippen molar-refractivity contribution in [2.24, 2.45) is 11.8 Å². The molecule has 1 aliphatic carbocycles. The standard InChI is InChI=1S/C9H17NO/c1-7-4-8(5-9(7)11)6-10(2)3/h7-8H,4-6H2,1-3H3. The Hall–Kier alpha value is -0.370. The van der Waals surface area contributed by atoms with Gasteiger partial charge in [0.2, 0.25) is 0 Å². The second kappa shape index (κ2) is 3.35. The molecule has 2 atom stereocenters. The van der Waals surface area contributed by atoms with E-state index in [1.165, 1.54) is 0 Å². The molecule has 1 aliphatic rings. The third-order valence-electron chi connectivity index (χ3n) is 2.35. The highest BCUT2D eigenvalue weighted by molar-refractivity contribution is 5.82. The van der Waals surface area contributed by atoms with Crippen LogP contribution in [0.4, 0.5) is 0 Å². The highest BCUT2D eigenvalue weighted by Crippen LogP contribution is 2.27. The fourth-order valence-corrected chi connectivity index (χ4v) is 1.86. The van der Waals surface area contributed by atoms with Crippen molar-refractivity contribution in [3.8, 4) is 0 Å². The summed E-state index contributed by atoms with van der Waals surface area (Å²) in [6.07, 6.45) is 1.90. The van der Waals surface area contributed by atoms with Gasteiger partial charge in [0.25, 0.3) is 0 Å². The molecule has 0 radical (unpaired) electrons. The van der Waals surface area contributed by atoms with Gasteiger partial charge in [0.1, 0.15) is 5.78 Å². The summed E-state index contributed by atoms with van der Waals surface area (Å²) < 4.78 is 0. The average Bonchev–Trinajstić information content (AvgIpc) is 2.10. The van der Waals surface area contributed by atoms with Crippen LogP contribution in [0.3, 0.4) is 0 Å². The second-order valence-corrected chi connectivity index (χ2v) is 3.94. The smallest absolute Gasteiger partial charge is 0.136 e. The maximum absolute atomic E-state index is 11.1. The highest BCUT2D eigenvalue weighted by atomic mass is 16.1. The number of carbonyl (C=O) groups excluding carboxylic acids is 1. The zero-order valence-electron chi connectivity index (χ0n) is 7.63. The number of ketones is 1. The molecule has 0 aromatic rings. The van der Waals surface area contributed by atoms with Gasteiger partial charge in [-0.25, -0.2) is 0 Å². The van der Waals surface area contributed by atoms with Crippen molar-refractivity contribution in [3.05, 3.63) is 0 Å². The molecule has 0 aromatic carbocycles. The molecule has 0 spiro atoms. The Bertz CT molecular complexity index is 154. The maximum atomic E-state index is 11.1. The summed E-state index contributed by atoms with van der Waals surface area (Å²) in [6.45, 7) is 3.11. The third kappa shape index (κ3) is 2.29. The minimum atomic E-state index is 0.319. The molecule has 0 N–H and O–H groups in total. The van der Waals surface area contributed by atoms with Crippen molar-refractivity contribution in [1.29, 1.82) is 0 Å². The van der Waals surface area contributed by atoms with Crippen LogP contribution in [0.1, 0.15) is 19.8 Å². The van der Waals surface area contributed by atoms with Gasteiger partial charge in [-0.05, 0) is 26.4 Å². The zero-order chi connectivity index (χ0) is 8.43. The Morgan fingerprint density at radius 2 is 2.18 bits per heavy atom. The van der Waals surface area contributed by atoms with Gasteiger partial charge >= 0.3 is 0 Å². The van der Waals surface area contributed by atoms with E-state index in [2.05, 4.69) is 19.0 Å². The molecule has 1 saturated carbocycles. The fourth-order valence-electron chi connectivity index (χ4n) is 1.86. The molecule has 2 unspecified atom stereocenters. The Morgan fingerprint density at radius 3 is 2.55 bits per heavy atom. The van der Waals surface area contributed by atoms with Gasteiger partial charge in [-0.2, -0.15) is 0 Å². The number of hydrogen-bond acceptors (Lipinski definition) is 2. The van der Waals surface area contributed by atoms with Crippen LogP contribution in [0.5, 0.6) is 0 Å². The SMILES string of the molecule is CC1CC(CN(C)C)CC1=O. The van der Waals surface area contributed by atoms with Gasteiger partial charge in [0.05, 0.1) is 0 Å². The van der Waals surface area contributed by atoms with E-state index < -0.39 is 0 Å². The van der Waals surface area contributed by atoms with Crippen molar-refractivity contribution in [2.75, 3.05) is 20.6 Å². The van der Waals surface area contributed by atoms with Crippen LogP contribution in [-0.4, -0.2) is 31.3 Å². The number of hydrogen-bond donors (Lipinski definition) is 0. The molecule has 0 aromatic heterocycles. The molecule has 1 fully saturated rings. The van der Waals surface area contributed by atoms with Crippen LogP contribution in [-0.2, 0) is 4.79 Å². The first-order valence-corrected chi connectivity index (χ1v) is 4.27. The number of Topliss-reactive ketones (excluding diaryl/α,β-unsaturated/α-hetero) is 1. The number of nitrogens with zero attached hydrogens (tertiary/aromatic N) is 1. The summed E-state index contributed by atoms with van der Waals surface area (Å²) in [5, 5.41) is 0. The van der Waals surface area contributed by atoms with Crippen molar-refractivity contribution in [1.82, 2.24) is 4.90 Å². The van der Waals surface area contributed by atoms with E-state index in [0.29, 0.717) is 17.6 Å². The van der Waals surface area contributed by atoms with Crippen molar-refractivity contribution in [2.45, 2.75) is 19.8 Å². The van der Waals surface area contributed by atoms with Gasteiger partial charge in [0, 0.05) is 18.9 Å². The van der Waals surface area contributed by atoms with Crippen LogP contribution in [0, 0.1) is 11.8 Å². The predicted octanol–water partition coefficient (Wildman–Crippen LogP) is 1.16. The van der Waals surface area contributed by atoms with E-state index >= 15 is 0 Å². The third-order valence-corrected chi connectivity index (χ3v) is 2.35. The molecule has 64 valence electrons. The van der Waals surface area contributed by atoms with Crippen LogP contribution in [0.2, 0.25) is 0 Å². The molecule has 1 rings (SSSR count). The molecule has 0 aliphatic heterocycles. The summed E-state index contributed by atoms with van der Waals surface area (Å²) in [6, 6.07) is 0. The fraction of sp³-hybridized carbons (Fsp3) is 0.889. The van der Waals surface area contributed by atoms with Gasteiger partial charge in [-0.1, -0.05) is 6.92 Å². The van der Waals surface area contributed by atoms with Crippen LogP contribution < -0.4 is 0 Å². The van der Waals surface area contributed by atoms with E-state index in [9.17, 15) is 4.79 Å². The van der Waals surface area contributed by atoms with Gasteiger partial charge in [-0.15, -0.1) is 0 Å². The first kappa shape index (κ1) is 8.72. The Balaban J connectivity index is 2.35. The molecule has 0 amide bonds. The van der Waals surface area contributed by atoms with E-state index in [1.54, 1.807) is 0 Å². The Kier molecular flexibility index (Phi) is 2.66. The van der Waals surface area contributed by atoms with Gasteiger partial charge < -0.3 is 4.90 Å². The molecule has 0 saturated heterocycles. The minimum absolute atomic E-state index is 0.319. The quantitative estimate of drug-likeness (QED) is 0.596. The molecular weight excluding hydrogens is 138 g/mol. The topological polar surface area (TPSA) is 20.3 Å². The zero-order valence-corrected chi connectivity index (χ0v) is 7.63. The Labute approximate surface area is 68.6 Å². The maximum Gasteiger partial charge on any atom is 0.136 e. The monoisotopic (exact) mass is 155 g/mol. The molecule has 2 nitrogen and oxygen atoms in total. The highest BCUT2D eigenvalue weighted by Gasteiger charge is 2.28. The van der Waals surface area contributed by atoms with Crippen LogP contribution in [0.15, 0.2) is 0 Å². The predicted molar refractivity (Wildman–Crippen MR) is 45.4 cm³/mol. The molecule has 0 heterocycles. The van der Waals surface area contributed by atoms with Crippen molar-refractivity contribution >= 4 is 5.78 Å². The van der Waals surface area contributed by atoms with Crippen LogP contribution >= 0.6 is 0 Å². The normalized spacial score (nSPS) is 31.8. The van der Waals surface area contributed by atoms with Crippen molar-refractivity contribution in [3.63, 3.8) is 0 Å². The average molecular weight is 155 g/mol.